The second-order valence-electron chi connectivity index (χ2n) is 6.22. The van der Waals surface area contributed by atoms with Crippen LogP contribution in [0.15, 0.2) is 54.7 Å². The number of hydrogen-bond donors (Lipinski definition) is 1. The van der Waals surface area contributed by atoms with Crippen molar-refractivity contribution in [1.29, 1.82) is 0 Å². The first-order valence-corrected chi connectivity index (χ1v) is 9.30. The van der Waals surface area contributed by atoms with Crippen molar-refractivity contribution < 1.29 is 9.18 Å². The molecule has 3 rings (SSSR count). The summed E-state index contributed by atoms with van der Waals surface area (Å²) in [6, 6.07) is 13.5. The number of nitrogens with one attached hydrogen (secondary N) is 1. The van der Waals surface area contributed by atoms with Gasteiger partial charge in [-0.3, -0.25) is 9.48 Å². The van der Waals surface area contributed by atoms with Gasteiger partial charge in [0.15, 0.2) is 0 Å². The van der Waals surface area contributed by atoms with Crippen molar-refractivity contribution >= 4 is 17.5 Å². The second-order valence-corrected chi connectivity index (χ2v) is 6.65. The molecule has 27 heavy (non-hydrogen) atoms. The quantitative estimate of drug-likeness (QED) is 0.630. The van der Waals surface area contributed by atoms with E-state index in [4.69, 9.17) is 11.6 Å². The van der Waals surface area contributed by atoms with Gasteiger partial charge in [0.05, 0.1) is 11.6 Å². The van der Waals surface area contributed by atoms with Crippen molar-refractivity contribution in [3.8, 4) is 11.3 Å². The maximum atomic E-state index is 14.3. The number of amides is 1. The van der Waals surface area contributed by atoms with Crippen molar-refractivity contribution in [3.05, 3.63) is 76.7 Å². The summed E-state index contributed by atoms with van der Waals surface area (Å²) in [5.74, 6) is -0.699. The summed E-state index contributed by atoms with van der Waals surface area (Å²) in [4.78, 5) is 13.0. The van der Waals surface area contributed by atoms with E-state index in [9.17, 15) is 9.18 Å². The highest BCUT2D eigenvalue weighted by Gasteiger charge is 2.22. The number of nitrogens with zero attached hydrogens (tertiary/aromatic N) is 2. The van der Waals surface area contributed by atoms with Gasteiger partial charge in [0.2, 0.25) is 0 Å². The Bertz CT molecular complexity index is 954. The van der Waals surface area contributed by atoms with E-state index in [1.807, 2.05) is 32.0 Å². The van der Waals surface area contributed by atoms with Crippen molar-refractivity contribution in [2.75, 3.05) is 0 Å². The van der Waals surface area contributed by atoms with Crippen molar-refractivity contribution in [2.24, 2.45) is 0 Å². The van der Waals surface area contributed by atoms with Gasteiger partial charge in [0, 0.05) is 23.3 Å². The van der Waals surface area contributed by atoms with Crippen LogP contribution in [0.2, 0.25) is 5.02 Å². The van der Waals surface area contributed by atoms with Gasteiger partial charge in [-0.15, -0.1) is 0 Å². The zero-order valence-corrected chi connectivity index (χ0v) is 16.0. The Kier molecular flexibility index (Phi) is 5.91. The predicted octanol–water partition coefficient (Wildman–Crippen LogP) is 5.24. The van der Waals surface area contributed by atoms with Crippen LogP contribution in [-0.4, -0.2) is 15.7 Å². The van der Waals surface area contributed by atoms with Gasteiger partial charge >= 0.3 is 0 Å². The van der Waals surface area contributed by atoms with Gasteiger partial charge in [-0.1, -0.05) is 42.8 Å². The van der Waals surface area contributed by atoms with Crippen LogP contribution in [0.3, 0.4) is 0 Å². The van der Waals surface area contributed by atoms with Crippen LogP contribution in [0.5, 0.6) is 0 Å². The molecule has 0 spiro atoms. The smallest absolute Gasteiger partial charge is 0.255 e. The molecule has 2 aromatic carbocycles. The zero-order chi connectivity index (χ0) is 19.4. The Labute approximate surface area is 163 Å². The van der Waals surface area contributed by atoms with Crippen LogP contribution >= 0.6 is 11.6 Å². The Hall–Kier alpha value is -2.66. The molecular formula is C21H21ClFN3O. The topological polar surface area (TPSA) is 46.9 Å². The lowest BCUT2D eigenvalue weighted by Crippen LogP contribution is -2.28. The molecule has 1 amide bonds. The van der Waals surface area contributed by atoms with Crippen molar-refractivity contribution in [1.82, 2.24) is 15.1 Å². The highest BCUT2D eigenvalue weighted by Crippen LogP contribution is 2.26. The predicted molar refractivity (Wildman–Crippen MR) is 105 cm³/mol. The molecule has 6 heteroatoms. The highest BCUT2D eigenvalue weighted by atomic mass is 35.5. The molecule has 1 atom stereocenters. The van der Waals surface area contributed by atoms with E-state index in [-0.39, 0.29) is 11.9 Å². The van der Waals surface area contributed by atoms with Gasteiger partial charge in [0.1, 0.15) is 11.5 Å². The summed E-state index contributed by atoms with van der Waals surface area (Å²) >= 11 is 6.08. The summed E-state index contributed by atoms with van der Waals surface area (Å²) in [6.45, 7) is 4.49. The minimum Gasteiger partial charge on any atom is -0.345 e. The number of carbonyl (C=O) groups is 1. The first kappa shape index (κ1) is 19.1. The van der Waals surface area contributed by atoms with E-state index in [0.29, 0.717) is 34.8 Å². The summed E-state index contributed by atoms with van der Waals surface area (Å²) in [6.07, 6.45) is 2.35. The SMILES string of the molecule is CCC(NC(=O)c1cn(CC)nc1-c1ccccc1F)c1cccc(Cl)c1. The van der Waals surface area contributed by atoms with Crippen LogP contribution in [0.4, 0.5) is 4.39 Å². The number of benzene rings is 2. The molecule has 1 aromatic heterocycles. The Morgan fingerprint density at radius 1 is 1.22 bits per heavy atom. The van der Waals surface area contributed by atoms with E-state index in [1.165, 1.54) is 6.07 Å². The normalized spacial score (nSPS) is 12.0. The van der Waals surface area contributed by atoms with Crippen LogP contribution in [0.25, 0.3) is 11.3 Å². The van der Waals surface area contributed by atoms with Gasteiger partial charge in [0.25, 0.3) is 5.91 Å². The molecule has 0 saturated heterocycles. The minimum absolute atomic E-state index is 0.199. The largest absolute Gasteiger partial charge is 0.345 e. The number of hydrogen-bond acceptors (Lipinski definition) is 2. The molecule has 0 bridgehead atoms. The molecular weight excluding hydrogens is 365 g/mol. The van der Waals surface area contributed by atoms with Crippen LogP contribution < -0.4 is 5.32 Å². The molecule has 0 aliphatic carbocycles. The fourth-order valence-electron chi connectivity index (χ4n) is 2.98. The third-order valence-electron chi connectivity index (χ3n) is 4.42. The molecule has 1 heterocycles. The fourth-order valence-corrected chi connectivity index (χ4v) is 3.18. The van der Waals surface area contributed by atoms with Crippen molar-refractivity contribution in [3.63, 3.8) is 0 Å². The summed E-state index contributed by atoms with van der Waals surface area (Å²) in [5.41, 5.74) is 1.93. The Morgan fingerprint density at radius 3 is 2.67 bits per heavy atom. The molecule has 0 aliphatic heterocycles. The average molecular weight is 386 g/mol. The lowest BCUT2D eigenvalue weighted by molar-refractivity contribution is 0.0936. The first-order valence-electron chi connectivity index (χ1n) is 8.92. The summed E-state index contributed by atoms with van der Waals surface area (Å²) < 4.78 is 15.9. The van der Waals surface area contributed by atoms with Gasteiger partial charge in [-0.05, 0) is 43.2 Å². The molecule has 140 valence electrons. The molecule has 0 aliphatic rings. The molecule has 1 N–H and O–H groups in total. The van der Waals surface area contributed by atoms with Gasteiger partial charge < -0.3 is 5.32 Å². The number of carbonyl (C=O) groups excluding carboxylic acids is 1. The third-order valence-corrected chi connectivity index (χ3v) is 4.66. The van der Waals surface area contributed by atoms with Gasteiger partial charge in [-0.25, -0.2) is 4.39 Å². The number of aromatic nitrogens is 2. The van der Waals surface area contributed by atoms with Crippen LogP contribution in [-0.2, 0) is 6.54 Å². The third kappa shape index (κ3) is 4.19. The van der Waals surface area contributed by atoms with E-state index >= 15 is 0 Å². The molecule has 0 radical (unpaired) electrons. The zero-order valence-electron chi connectivity index (χ0n) is 15.2. The van der Waals surface area contributed by atoms with Gasteiger partial charge in [-0.2, -0.15) is 5.10 Å². The molecule has 1 unspecified atom stereocenters. The van der Waals surface area contributed by atoms with Crippen LogP contribution in [0.1, 0.15) is 42.2 Å². The Balaban J connectivity index is 1.94. The molecule has 0 fully saturated rings. The first-order chi connectivity index (χ1) is 13.0. The maximum absolute atomic E-state index is 14.3. The lowest BCUT2D eigenvalue weighted by Gasteiger charge is -2.17. The number of halogens is 2. The molecule has 4 nitrogen and oxygen atoms in total. The minimum atomic E-state index is -0.408. The van der Waals surface area contributed by atoms with E-state index in [1.54, 1.807) is 35.1 Å². The highest BCUT2D eigenvalue weighted by molar-refractivity contribution is 6.30. The number of rotatable bonds is 6. The maximum Gasteiger partial charge on any atom is 0.255 e. The monoisotopic (exact) mass is 385 g/mol. The lowest BCUT2D eigenvalue weighted by atomic mass is 10.0. The fraction of sp³-hybridized carbons (Fsp3) is 0.238. The molecule has 0 saturated carbocycles. The average Bonchev–Trinajstić information content (AvgIpc) is 3.10. The standard InChI is InChI=1S/C21H21ClFN3O/c1-3-19(14-8-7-9-15(22)12-14)24-21(27)17-13-26(4-2)25-20(17)16-10-5-6-11-18(16)23/h5-13,19H,3-4H2,1-2H3,(H,24,27). The van der Waals surface area contributed by atoms with Crippen molar-refractivity contribution in [2.45, 2.75) is 32.9 Å². The number of aryl methyl sites for hydroxylation is 1. The summed E-state index contributed by atoms with van der Waals surface area (Å²) in [7, 11) is 0. The summed E-state index contributed by atoms with van der Waals surface area (Å²) in [5, 5.41) is 8.03. The second kappa shape index (κ2) is 8.35. The van der Waals surface area contributed by atoms with E-state index in [0.717, 1.165) is 5.56 Å². The molecule has 3 aromatic rings. The van der Waals surface area contributed by atoms with E-state index in [2.05, 4.69) is 10.4 Å². The van der Waals surface area contributed by atoms with E-state index < -0.39 is 5.82 Å². The van der Waals surface area contributed by atoms with Crippen LogP contribution in [0, 0.1) is 5.82 Å². The Morgan fingerprint density at radius 2 is 2.00 bits per heavy atom.